The quantitative estimate of drug-likeness (QED) is 0.821. The van der Waals surface area contributed by atoms with Crippen molar-refractivity contribution in [3.05, 3.63) is 23.8 Å². The van der Waals surface area contributed by atoms with Crippen LogP contribution in [0.1, 0.15) is 18.0 Å². The first-order chi connectivity index (χ1) is 8.92. The van der Waals surface area contributed by atoms with E-state index in [1.54, 1.807) is 21.3 Å². The minimum atomic E-state index is -2.98. The lowest BCUT2D eigenvalue weighted by Gasteiger charge is -2.20. The van der Waals surface area contributed by atoms with E-state index < -0.39 is 9.84 Å². The third-order valence-electron chi connectivity index (χ3n) is 2.93. The first-order valence-electron chi connectivity index (χ1n) is 5.98. The molecule has 0 aromatic heterocycles. The standard InChI is InChI=1S/C13H21NO4S/c1-14-11(8-9-19(4,15)16)10-6-5-7-12(17-2)13(10)18-3/h5-7,11,14H,8-9H2,1-4H3. The summed E-state index contributed by atoms with van der Waals surface area (Å²) in [6.07, 6.45) is 1.72. The first kappa shape index (κ1) is 15.8. The molecule has 0 aliphatic carbocycles. The van der Waals surface area contributed by atoms with Gasteiger partial charge in [-0.1, -0.05) is 12.1 Å². The van der Waals surface area contributed by atoms with Gasteiger partial charge >= 0.3 is 0 Å². The van der Waals surface area contributed by atoms with Crippen LogP contribution >= 0.6 is 0 Å². The lowest BCUT2D eigenvalue weighted by molar-refractivity contribution is 0.347. The number of rotatable bonds is 7. The lowest BCUT2D eigenvalue weighted by atomic mass is 10.0. The van der Waals surface area contributed by atoms with Crippen molar-refractivity contribution in [1.29, 1.82) is 0 Å². The Morgan fingerprint density at radius 2 is 1.95 bits per heavy atom. The van der Waals surface area contributed by atoms with E-state index in [0.29, 0.717) is 17.9 Å². The molecule has 0 radical (unpaired) electrons. The first-order valence-corrected chi connectivity index (χ1v) is 8.05. The molecule has 1 unspecified atom stereocenters. The van der Waals surface area contributed by atoms with Crippen LogP contribution < -0.4 is 14.8 Å². The molecule has 1 N–H and O–H groups in total. The average Bonchev–Trinajstić information content (AvgIpc) is 2.37. The van der Waals surface area contributed by atoms with Crippen molar-refractivity contribution >= 4 is 9.84 Å². The van der Waals surface area contributed by atoms with E-state index >= 15 is 0 Å². The van der Waals surface area contributed by atoms with Crippen LogP contribution in [0.4, 0.5) is 0 Å². The largest absolute Gasteiger partial charge is 0.493 e. The van der Waals surface area contributed by atoms with Crippen LogP contribution in [-0.4, -0.2) is 41.7 Å². The highest BCUT2D eigenvalue weighted by molar-refractivity contribution is 7.90. The van der Waals surface area contributed by atoms with Gasteiger partial charge in [-0.2, -0.15) is 0 Å². The van der Waals surface area contributed by atoms with Crippen molar-refractivity contribution < 1.29 is 17.9 Å². The van der Waals surface area contributed by atoms with Gasteiger partial charge in [0.25, 0.3) is 0 Å². The van der Waals surface area contributed by atoms with Crippen molar-refractivity contribution in [3.8, 4) is 11.5 Å². The summed E-state index contributed by atoms with van der Waals surface area (Å²) < 4.78 is 33.2. The average molecular weight is 287 g/mol. The van der Waals surface area contributed by atoms with Gasteiger partial charge in [0.15, 0.2) is 11.5 Å². The van der Waals surface area contributed by atoms with Gasteiger partial charge in [0.2, 0.25) is 0 Å². The maximum Gasteiger partial charge on any atom is 0.165 e. The molecule has 1 aromatic rings. The molecule has 0 heterocycles. The molecule has 1 aromatic carbocycles. The maximum atomic E-state index is 11.3. The zero-order chi connectivity index (χ0) is 14.5. The zero-order valence-corrected chi connectivity index (χ0v) is 12.6. The Morgan fingerprint density at radius 1 is 1.26 bits per heavy atom. The zero-order valence-electron chi connectivity index (χ0n) is 11.8. The number of methoxy groups -OCH3 is 2. The summed E-state index contributed by atoms with van der Waals surface area (Å²) in [5.74, 6) is 1.40. The van der Waals surface area contributed by atoms with Crippen LogP contribution in [0.25, 0.3) is 0 Å². The van der Waals surface area contributed by atoms with Gasteiger partial charge in [-0.3, -0.25) is 0 Å². The smallest absolute Gasteiger partial charge is 0.165 e. The third-order valence-corrected chi connectivity index (χ3v) is 3.91. The molecule has 0 amide bonds. The number of sulfone groups is 1. The fourth-order valence-corrected chi connectivity index (χ4v) is 2.64. The van der Waals surface area contributed by atoms with Crippen LogP contribution in [0.2, 0.25) is 0 Å². The summed E-state index contributed by atoms with van der Waals surface area (Å²) in [5, 5.41) is 3.12. The maximum absolute atomic E-state index is 11.3. The highest BCUT2D eigenvalue weighted by Gasteiger charge is 2.19. The molecular formula is C13H21NO4S. The molecule has 108 valence electrons. The highest BCUT2D eigenvalue weighted by atomic mass is 32.2. The monoisotopic (exact) mass is 287 g/mol. The normalized spacial score (nSPS) is 13.1. The van der Waals surface area contributed by atoms with Crippen LogP contribution in [0.15, 0.2) is 18.2 Å². The summed E-state index contributed by atoms with van der Waals surface area (Å²) in [4.78, 5) is 0. The number of hydrogen-bond acceptors (Lipinski definition) is 5. The second-order valence-electron chi connectivity index (χ2n) is 4.34. The molecule has 5 nitrogen and oxygen atoms in total. The Bertz CT molecular complexity index is 513. The molecule has 1 rings (SSSR count). The molecule has 19 heavy (non-hydrogen) atoms. The second-order valence-corrected chi connectivity index (χ2v) is 6.60. The third kappa shape index (κ3) is 4.40. The molecule has 0 aliphatic heterocycles. The van der Waals surface area contributed by atoms with Gasteiger partial charge < -0.3 is 14.8 Å². The number of para-hydroxylation sites is 1. The molecule has 0 aliphatic rings. The van der Waals surface area contributed by atoms with Gasteiger partial charge in [-0.15, -0.1) is 0 Å². The lowest BCUT2D eigenvalue weighted by Crippen LogP contribution is -2.20. The molecule has 1 atom stereocenters. The van der Waals surface area contributed by atoms with Gasteiger partial charge in [0, 0.05) is 17.9 Å². The van der Waals surface area contributed by atoms with E-state index in [0.717, 1.165) is 5.56 Å². The predicted octanol–water partition coefficient (Wildman–Crippen LogP) is 1.40. The van der Waals surface area contributed by atoms with E-state index in [2.05, 4.69) is 5.32 Å². The van der Waals surface area contributed by atoms with Gasteiger partial charge in [-0.05, 0) is 19.5 Å². The van der Waals surface area contributed by atoms with Gasteiger partial charge in [-0.25, -0.2) is 8.42 Å². The van der Waals surface area contributed by atoms with Crippen LogP contribution in [0.3, 0.4) is 0 Å². The Kier molecular flexibility index (Phi) is 5.62. The Hall–Kier alpha value is -1.27. The summed E-state index contributed by atoms with van der Waals surface area (Å²) in [5.41, 5.74) is 0.896. The Labute approximate surface area is 114 Å². The van der Waals surface area contributed by atoms with Crippen molar-refractivity contribution in [2.45, 2.75) is 12.5 Å². The number of benzene rings is 1. The fourth-order valence-electron chi connectivity index (χ4n) is 1.97. The van der Waals surface area contributed by atoms with Gasteiger partial charge in [0.1, 0.15) is 9.84 Å². The predicted molar refractivity (Wildman–Crippen MR) is 75.7 cm³/mol. The van der Waals surface area contributed by atoms with E-state index in [9.17, 15) is 8.42 Å². The molecule has 0 fully saturated rings. The summed E-state index contributed by atoms with van der Waals surface area (Å²) in [6.45, 7) is 0. The number of ether oxygens (including phenoxy) is 2. The van der Waals surface area contributed by atoms with E-state index in [1.165, 1.54) is 6.26 Å². The molecule has 6 heteroatoms. The van der Waals surface area contributed by atoms with Crippen molar-refractivity contribution in [2.75, 3.05) is 33.3 Å². The van der Waals surface area contributed by atoms with Crippen molar-refractivity contribution in [2.24, 2.45) is 0 Å². The van der Waals surface area contributed by atoms with E-state index in [1.807, 2.05) is 18.2 Å². The highest BCUT2D eigenvalue weighted by Crippen LogP contribution is 2.35. The van der Waals surface area contributed by atoms with Crippen LogP contribution in [0, 0.1) is 0 Å². The molecule has 0 spiro atoms. The van der Waals surface area contributed by atoms with Crippen molar-refractivity contribution in [1.82, 2.24) is 5.32 Å². The Balaban J connectivity index is 3.04. The minimum absolute atomic E-state index is 0.0974. The summed E-state index contributed by atoms with van der Waals surface area (Å²) in [7, 11) is 1.96. The molecule has 0 saturated carbocycles. The van der Waals surface area contributed by atoms with E-state index in [-0.39, 0.29) is 11.8 Å². The van der Waals surface area contributed by atoms with Crippen molar-refractivity contribution in [3.63, 3.8) is 0 Å². The Morgan fingerprint density at radius 3 is 2.42 bits per heavy atom. The fraction of sp³-hybridized carbons (Fsp3) is 0.538. The minimum Gasteiger partial charge on any atom is -0.493 e. The van der Waals surface area contributed by atoms with Crippen LogP contribution in [-0.2, 0) is 9.84 Å². The summed E-state index contributed by atoms with van der Waals surface area (Å²) >= 11 is 0. The molecular weight excluding hydrogens is 266 g/mol. The van der Waals surface area contributed by atoms with Gasteiger partial charge in [0.05, 0.1) is 20.0 Å². The number of hydrogen-bond donors (Lipinski definition) is 1. The molecule has 0 saturated heterocycles. The number of nitrogens with one attached hydrogen (secondary N) is 1. The SMILES string of the molecule is CNC(CCS(C)(=O)=O)c1cccc(OC)c1OC. The van der Waals surface area contributed by atoms with Crippen LogP contribution in [0.5, 0.6) is 11.5 Å². The molecule has 0 bridgehead atoms. The second kappa shape index (κ2) is 6.77. The summed E-state index contributed by atoms with van der Waals surface area (Å²) in [6, 6.07) is 5.48. The topological polar surface area (TPSA) is 64.6 Å². The van der Waals surface area contributed by atoms with E-state index in [4.69, 9.17) is 9.47 Å².